The van der Waals surface area contributed by atoms with Crippen molar-refractivity contribution in [3.8, 4) is 6.07 Å². The molecule has 0 radical (unpaired) electrons. The molecule has 21 heavy (non-hydrogen) atoms. The Balaban J connectivity index is 2.98. The zero-order chi connectivity index (χ0) is 16.3. The highest BCUT2D eigenvalue weighted by Gasteiger charge is 2.23. The van der Waals surface area contributed by atoms with E-state index in [-0.39, 0.29) is 21.8 Å². The van der Waals surface area contributed by atoms with Crippen LogP contribution in [0.4, 0.5) is 0 Å². The lowest BCUT2D eigenvalue weighted by molar-refractivity contribution is 0.0696. The van der Waals surface area contributed by atoms with Gasteiger partial charge in [-0.15, -0.1) is 0 Å². The summed E-state index contributed by atoms with van der Waals surface area (Å²) in [5.41, 5.74) is -0.314. The van der Waals surface area contributed by atoms with E-state index in [0.717, 1.165) is 0 Å². The van der Waals surface area contributed by atoms with Gasteiger partial charge in [0.1, 0.15) is 0 Å². The molecule has 1 rings (SSSR count). The third-order valence-electron chi connectivity index (χ3n) is 3.37. The second kappa shape index (κ2) is 6.27. The van der Waals surface area contributed by atoms with Crippen molar-refractivity contribution in [2.45, 2.75) is 38.5 Å². The Morgan fingerprint density at radius 3 is 2.52 bits per heavy atom. The van der Waals surface area contributed by atoms with Crippen LogP contribution in [0.25, 0.3) is 0 Å². The van der Waals surface area contributed by atoms with Gasteiger partial charge in [-0.1, -0.05) is 6.07 Å². The third-order valence-corrected chi connectivity index (χ3v) is 5.31. The molecule has 0 aliphatic rings. The molecule has 1 aromatic rings. The number of carbonyl (C=O) groups is 1. The summed E-state index contributed by atoms with van der Waals surface area (Å²) in [5.74, 6) is -1.24. The minimum Gasteiger partial charge on any atom is -0.478 e. The Morgan fingerprint density at radius 1 is 1.38 bits per heavy atom. The first kappa shape index (κ1) is 17.2. The summed E-state index contributed by atoms with van der Waals surface area (Å²) in [5, 5.41) is 18.0. The topological polar surface area (TPSA) is 95.2 Å². The molecular formula is C15H19NO4S. The summed E-state index contributed by atoms with van der Waals surface area (Å²) in [7, 11) is -3.55. The molecule has 0 aliphatic heterocycles. The van der Waals surface area contributed by atoms with Gasteiger partial charge in [-0.25, -0.2) is 13.2 Å². The van der Waals surface area contributed by atoms with Gasteiger partial charge in [-0.2, -0.15) is 5.26 Å². The minimum absolute atomic E-state index is 0.00608. The zero-order valence-electron chi connectivity index (χ0n) is 12.4. The highest BCUT2D eigenvalue weighted by Crippen LogP contribution is 2.24. The fourth-order valence-corrected chi connectivity index (χ4v) is 3.66. The van der Waals surface area contributed by atoms with Gasteiger partial charge in [-0.3, -0.25) is 0 Å². The second-order valence-electron chi connectivity index (χ2n) is 5.65. The molecule has 0 heterocycles. The summed E-state index contributed by atoms with van der Waals surface area (Å²) in [4.78, 5) is 11.1. The smallest absolute Gasteiger partial charge is 0.335 e. The van der Waals surface area contributed by atoms with E-state index in [9.17, 15) is 13.2 Å². The Hall–Kier alpha value is -1.87. The number of nitriles is 1. The van der Waals surface area contributed by atoms with Gasteiger partial charge in [0.2, 0.25) is 0 Å². The van der Waals surface area contributed by atoms with Gasteiger partial charge in [0.25, 0.3) is 0 Å². The van der Waals surface area contributed by atoms with Crippen LogP contribution in [-0.4, -0.2) is 25.2 Å². The summed E-state index contributed by atoms with van der Waals surface area (Å²) in [6.45, 7) is 5.02. The van der Waals surface area contributed by atoms with Gasteiger partial charge in [-0.05, 0) is 51.3 Å². The van der Waals surface area contributed by atoms with Crippen LogP contribution < -0.4 is 0 Å². The van der Waals surface area contributed by atoms with Crippen LogP contribution >= 0.6 is 0 Å². The molecule has 0 aliphatic carbocycles. The molecular weight excluding hydrogens is 290 g/mol. The Morgan fingerprint density at radius 2 is 2.00 bits per heavy atom. The van der Waals surface area contributed by atoms with Crippen molar-refractivity contribution in [3.63, 3.8) is 0 Å². The van der Waals surface area contributed by atoms with Crippen molar-refractivity contribution in [2.24, 2.45) is 5.41 Å². The van der Waals surface area contributed by atoms with Crippen LogP contribution in [0.3, 0.4) is 0 Å². The average molecular weight is 309 g/mol. The summed E-state index contributed by atoms with van der Waals surface area (Å²) < 4.78 is 24.7. The lowest BCUT2D eigenvalue weighted by Crippen LogP contribution is -2.14. The number of hydrogen-bond acceptors (Lipinski definition) is 4. The molecule has 0 saturated carbocycles. The molecule has 6 heteroatoms. The van der Waals surface area contributed by atoms with Gasteiger partial charge >= 0.3 is 5.97 Å². The van der Waals surface area contributed by atoms with Crippen LogP contribution in [0.5, 0.6) is 0 Å². The number of carboxylic acids is 1. The van der Waals surface area contributed by atoms with Crippen LogP contribution in [-0.2, 0) is 9.84 Å². The molecule has 0 unspecified atom stereocenters. The Kier molecular flexibility index (Phi) is 5.13. The van der Waals surface area contributed by atoms with Crippen LogP contribution in [0.15, 0.2) is 23.1 Å². The van der Waals surface area contributed by atoms with Crippen molar-refractivity contribution in [1.82, 2.24) is 0 Å². The van der Waals surface area contributed by atoms with Gasteiger partial charge in [0.15, 0.2) is 9.84 Å². The molecule has 1 aromatic carbocycles. The molecule has 0 bridgehead atoms. The minimum atomic E-state index is -3.55. The Labute approximate surface area is 125 Å². The number of benzene rings is 1. The molecule has 0 saturated heterocycles. The fourth-order valence-electron chi connectivity index (χ4n) is 2.05. The summed E-state index contributed by atoms with van der Waals surface area (Å²) in [6.07, 6.45) is 0.833. The van der Waals surface area contributed by atoms with Crippen molar-refractivity contribution in [2.75, 3.05) is 5.75 Å². The molecule has 0 fully saturated rings. The van der Waals surface area contributed by atoms with E-state index in [2.05, 4.69) is 6.07 Å². The van der Waals surface area contributed by atoms with E-state index in [1.807, 2.05) is 0 Å². The summed E-state index contributed by atoms with van der Waals surface area (Å²) >= 11 is 0. The van der Waals surface area contributed by atoms with Crippen molar-refractivity contribution < 1.29 is 18.3 Å². The number of hydrogen-bond donors (Lipinski definition) is 1. The first-order chi connectivity index (χ1) is 9.60. The molecule has 0 amide bonds. The second-order valence-corrected chi connectivity index (χ2v) is 7.73. The van der Waals surface area contributed by atoms with Gasteiger partial charge in [0, 0.05) is 0 Å². The van der Waals surface area contributed by atoms with E-state index in [4.69, 9.17) is 10.4 Å². The third kappa shape index (κ3) is 4.30. The zero-order valence-corrected chi connectivity index (χ0v) is 13.2. The first-order valence-electron chi connectivity index (χ1n) is 6.58. The van der Waals surface area contributed by atoms with E-state index in [1.54, 1.807) is 13.8 Å². The van der Waals surface area contributed by atoms with E-state index in [0.29, 0.717) is 12.8 Å². The SMILES string of the molecule is Cc1c(C(=O)O)cccc1S(=O)(=O)CCCC(C)(C)C#N. The number of sulfone groups is 1. The number of rotatable bonds is 6. The van der Waals surface area contributed by atoms with Crippen molar-refractivity contribution >= 4 is 15.8 Å². The van der Waals surface area contributed by atoms with E-state index in [1.165, 1.54) is 25.1 Å². The predicted molar refractivity (Wildman–Crippen MR) is 78.8 cm³/mol. The number of carboxylic acid groups (broad SMARTS) is 1. The molecule has 5 nitrogen and oxygen atoms in total. The van der Waals surface area contributed by atoms with E-state index < -0.39 is 21.2 Å². The lowest BCUT2D eigenvalue weighted by atomic mass is 9.90. The highest BCUT2D eigenvalue weighted by atomic mass is 32.2. The first-order valence-corrected chi connectivity index (χ1v) is 8.23. The summed E-state index contributed by atoms with van der Waals surface area (Å²) in [6, 6.07) is 6.37. The predicted octanol–water partition coefficient (Wildman–Crippen LogP) is 2.80. The Bertz CT molecular complexity index is 684. The molecule has 114 valence electrons. The molecule has 0 spiro atoms. The average Bonchev–Trinajstić information content (AvgIpc) is 2.37. The number of nitrogens with zero attached hydrogens (tertiary/aromatic N) is 1. The quantitative estimate of drug-likeness (QED) is 0.871. The highest BCUT2D eigenvalue weighted by molar-refractivity contribution is 7.91. The lowest BCUT2D eigenvalue weighted by Gasteiger charge is -2.15. The molecule has 1 N–H and O–H groups in total. The van der Waals surface area contributed by atoms with Crippen molar-refractivity contribution in [3.05, 3.63) is 29.3 Å². The van der Waals surface area contributed by atoms with Crippen molar-refractivity contribution in [1.29, 1.82) is 5.26 Å². The van der Waals surface area contributed by atoms with Crippen LogP contribution in [0.2, 0.25) is 0 Å². The molecule has 0 atom stereocenters. The standard InChI is InChI=1S/C15H19NO4S/c1-11-12(14(17)18)6-4-7-13(11)21(19,20)9-5-8-15(2,3)10-16/h4,6-7H,5,8-9H2,1-3H3,(H,17,18). The maximum atomic E-state index is 12.3. The maximum absolute atomic E-state index is 12.3. The van der Waals surface area contributed by atoms with Crippen LogP contribution in [0.1, 0.15) is 42.6 Å². The van der Waals surface area contributed by atoms with Gasteiger partial charge < -0.3 is 5.11 Å². The van der Waals surface area contributed by atoms with Gasteiger partial charge in [0.05, 0.1) is 27.7 Å². The van der Waals surface area contributed by atoms with Crippen LogP contribution in [0, 0.1) is 23.7 Å². The largest absolute Gasteiger partial charge is 0.478 e. The number of aromatic carboxylic acids is 1. The maximum Gasteiger partial charge on any atom is 0.335 e. The monoisotopic (exact) mass is 309 g/mol. The van der Waals surface area contributed by atoms with E-state index >= 15 is 0 Å². The fraction of sp³-hybridized carbons (Fsp3) is 0.467. The normalized spacial score (nSPS) is 11.9. The molecule has 0 aromatic heterocycles.